The molecule has 0 radical (unpaired) electrons. The van der Waals surface area contributed by atoms with Gasteiger partial charge in [-0.3, -0.25) is 10.1 Å². The number of esters is 1. The second-order valence-corrected chi connectivity index (χ2v) is 5.91. The monoisotopic (exact) mass is 368 g/mol. The summed E-state index contributed by atoms with van der Waals surface area (Å²) in [5.74, 6) is 0.509. The topological polar surface area (TPSA) is 63.4 Å². The maximum atomic E-state index is 12.2. The molecule has 3 rings (SSSR count). The van der Waals surface area contributed by atoms with Gasteiger partial charge in [0.2, 0.25) is 0 Å². The number of hydrogen-bond acceptors (Lipinski definition) is 4. The van der Waals surface area contributed by atoms with Crippen LogP contribution in [0.5, 0.6) is 5.75 Å². The van der Waals surface area contributed by atoms with Crippen molar-refractivity contribution in [3.63, 3.8) is 0 Å². The highest BCUT2D eigenvalue weighted by Gasteiger charge is 2.35. The molecule has 27 heavy (non-hydrogen) atoms. The number of methoxy groups -OCH3 is 2. The van der Waals surface area contributed by atoms with Crippen LogP contribution in [-0.4, -0.2) is 31.2 Å². The van der Waals surface area contributed by atoms with Gasteiger partial charge in [0.05, 0.1) is 20.3 Å². The molecule has 144 valence electrons. The summed E-state index contributed by atoms with van der Waals surface area (Å²) in [5, 5.41) is 3.39. The van der Waals surface area contributed by atoms with Crippen LogP contribution in [-0.2, 0) is 16.0 Å². The maximum Gasteiger partial charge on any atom is 0.323 e. The van der Waals surface area contributed by atoms with Crippen LogP contribution in [0.2, 0.25) is 0 Å². The summed E-state index contributed by atoms with van der Waals surface area (Å²) in [6, 6.07) is 7.21. The Balaban J connectivity index is 0.00000126. The molecule has 2 N–H and O–H groups in total. The van der Waals surface area contributed by atoms with E-state index in [1.807, 2.05) is 38.1 Å². The highest BCUT2D eigenvalue weighted by Crippen LogP contribution is 2.35. The van der Waals surface area contributed by atoms with E-state index in [2.05, 4.69) is 23.5 Å². The summed E-state index contributed by atoms with van der Waals surface area (Å²) >= 11 is 0. The van der Waals surface area contributed by atoms with Crippen molar-refractivity contribution in [3.05, 3.63) is 65.5 Å². The number of carbonyl (C=O) groups excluding carboxylic acids is 1. The van der Waals surface area contributed by atoms with E-state index in [1.165, 1.54) is 7.11 Å². The minimum atomic E-state index is -0.420. The number of hydrogen-bond donors (Lipinski definition) is 2. The molecule has 0 bridgehead atoms. The lowest BCUT2D eigenvalue weighted by atomic mass is 9.89. The van der Waals surface area contributed by atoms with E-state index < -0.39 is 6.04 Å². The van der Waals surface area contributed by atoms with Crippen LogP contribution < -0.4 is 10.1 Å². The van der Waals surface area contributed by atoms with Crippen LogP contribution in [0.4, 0.5) is 0 Å². The Morgan fingerprint density at radius 1 is 1.15 bits per heavy atom. The Kier molecular flexibility index (Phi) is 7.02. The molecule has 5 nitrogen and oxygen atoms in total. The normalized spacial score (nSPS) is 17.8. The minimum absolute atomic E-state index is 0.161. The molecule has 2 atom stereocenters. The van der Waals surface area contributed by atoms with Gasteiger partial charge < -0.3 is 14.5 Å². The number of nitrogens with one attached hydrogen (secondary N) is 2. The van der Waals surface area contributed by atoms with E-state index in [0.29, 0.717) is 6.42 Å². The first-order chi connectivity index (χ1) is 13.1. The second kappa shape index (κ2) is 9.24. The number of H-pyrrole nitrogens is 1. The van der Waals surface area contributed by atoms with E-state index in [1.54, 1.807) is 19.3 Å². The molecule has 5 heteroatoms. The molecule has 2 heterocycles. The highest BCUT2D eigenvalue weighted by atomic mass is 16.5. The van der Waals surface area contributed by atoms with Gasteiger partial charge in [0, 0.05) is 23.4 Å². The summed E-state index contributed by atoms with van der Waals surface area (Å²) in [7, 11) is 3.04. The van der Waals surface area contributed by atoms with Crippen molar-refractivity contribution in [2.45, 2.75) is 32.4 Å². The van der Waals surface area contributed by atoms with Gasteiger partial charge in [-0.15, -0.1) is 0 Å². The number of aromatic amines is 1. The van der Waals surface area contributed by atoms with Gasteiger partial charge in [-0.2, -0.15) is 0 Å². The minimum Gasteiger partial charge on any atom is -0.497 e. The average Bonchev–Trinajstić information content (AvgIpc) is 3.11. The van der Waals surface area contributed by atoms with Crippen LogP contribution in [0, 0.1) is 0 Å². The molecule has 2 unspecified atom stereocenters. The average molecular weight is 368 g/mol. The zero-order chi connectivity index (χ0) is 20.0. The van der Waals surface area contributed by atoms with Gasteiger partial charge in [-0.25, -0.2) is 0 Å². The number of benzene rings is 1. The lowest BCUT2D eigenvalue weighted by molar-refractivity contribution is -0.143. The molecule has 1 aliphatic rings. The summed E-state index contributed by atoms with van der Waals surface area (Å²) < 4.78 is 10.2. The first-order valence-electron chi connectivity index (χ1n) is 9.10. The molecule has 1 aromatic carbocycles. The first-order valence-corrected chi connectivity index (χ1v) is 9.10. The van der Waals surface area contributed by atoms with Gasteiger partial charge in [0.15, 0.2) is 0 Å². The van der Waals surface area contributed by atoms with E-state index >= 15 is 0 Å². The zero-order valence-electron chi connectivity index (χ0n) is 16.5. The van der Waals surface area contributed by atoms with Crippen LogP contribution >= 0.6 is 0 Å². The Hall–Kier alpha value is -2.79. The lowest BCUT2D eigenvalue weighted by Gasteiger charge is -2.30. The summed E-state index contributed by atoms with van der Waals surface area (Å²) in [5.41, 5.74) is 5.02. The molecular weight excluding hydrogens is 340 g/mol. The Morgan fingerprint density at radius 3 is 2.33 bits per heavy atom. The predicted molar refractivity (Wildman–Crippen MR) is 110 cm³/mol. The summed E-state index contributed by atoms with van der Waals surface area (Å²) in [4.78, 5) is 15.6. The molecule has 0 fully saturated rings. The Morgan fingerprint density at radius 2 is 1.81 bits per heavy atom. The van der Waals surface area contributed by atoms with Gasteiger partial charge in [-0.05, 0) is 29.3 Å². The third-order valence-electron chi connectivity index (χ3n) is 4.62. The van der Waals surface area contributed by atoms with Crippen molar-refractivity contribution in [2.75, 3.05) is 14.2 Å². The van der Waals surface area contributed by atoms with Crippen LogP contribution in [0.3, 0.4) is 0 Å². The van der Waals surface area contributed by atoms with Crippen molar-refractivity contribution in [1.82, 2.24) is 10.3 Å². The molecule has 2 aromatic rings. The number of carbonyl (C=O) groups is 1. The van der Waals surface area contributed by atoms with E-state index in [0.717, 1.165) is 33.8 Å². The number of aromatic nitrogens is 1. The molecule has 1 aromatic heterocycles. The summed E-state index contributed by atoms with van der Waals surface area (Å²) in [6.07, 6.45) is 4.12. The largest absolute Gasteiger partial charge is 0.497 e. The second-order valence-electron chi connectivity index (χ2n) is 5.91. The third-order valence-corrected chi connectivity index (χ3v) is 4.62. The maximum absolute atomic E-state index is 12.2. The van der Waals surface area contributed by atoms with Crippen molar-refractivity contribution in [2.24, 2.45) is 0 Å². The van der Waals surface area contributed by atoms with Gasteiger partial charge in [-0.1, -0.05) is 45.2 Å². The van der Waals surface area contributed by atoms with E-state index in [4.69, 9.17) is 9.47 Å². The van der Waals surface area contributed by atoms with Crippen molar-refractivity contribution >= 4 is 18.1 Å². The smallest absolute Gasteiger partial charge is 0.323 e. The van der Waals surface area contributed by atoms with Crippen molar-refractivity contribution < 1.29 is 14.3 Å². The molecule has 0 saturated carbocycles. The molecule has 0 spiro atoms. The fourth-order valence-electron chi connectivity index (χ4n) is 3.36. The van der Waals surface area contributed by atoms with Crippen LogP contribution in [0.15, 0.2) is 37.4 Å². The molecule has 0 amide bonds. The molecule has 0 saturated heterocycles. The first kappa shape index (κ1) is 20.5. The quantitative estimate of drug-likeness (QED) is 0.780. The van der Waals surface area contributed by atoms with Crippen LogP contribution in [0.1, 0.15) is 48.0 Å². The highest BCUT2D eigenvalue weighted by molar-refractivity contribution is 5.78. The fourth-order valence-corrected chi connectivity index (χ4v) is 3.36. The molecule has 1 aliphatic heterocycles. The SMILES string of the molecule is C=Cc1[nH]c2c(c1C=C)CC(C(=O)OC)NC2c1ccc(OC)cc1.CC. The number of fused-ring (bicyclic) bond motifs is 1. The fraction of sp³-hybridized carbons (Fsp3) is 0.318. The third kappa shape index (κ3) is 3.98. The predicted octanol–water partition coefficient (Wildman–Crippen LogP) is 4.11. The van der Waals surface area contributed by atoms with E-state index in [-0.39, 0.29) is 12.0 Å². The lowest BCUT2D eigenvalue weighted by Crippen LogP contribution is -2.45. The van der Waals surface area contributed by atoms with Crippen molar-refractivity contribution in [1.29, 1.82) is 0 Å². The standard InChI is InChI=1S/C20H22N2O3.C2H6/c1-5-14-15-11-17(20(23)25-4)22-18(19(15)21-16(14)6-2)12-7-9-13(24-3)10-8-12;1-2/h5-10,17-18,21-22H,1-2,11H2,3-4H3;1-2H3. The van der Waals surface area contributed by atoms with Gasteiger partial charge in [0.1, 0.15) is 11.8 Å². The number of ether oxygens (including phenoxy) is 2. The van der Waals surface area contributed by atoms with Gasteiger partial charge in [0.25, 0.3) is 0 Å². The van der Waals surface area contributed by atoms with Crippen molar-refractivity contribution in [3.8, 4) is 5.75 Å². The molecular formula is C22H28N2O3. The Labute approximate surface area is 161 Å². The van der Waals surface area contributed by atoms with Crippen LogP contribution in [0.25, 0.3) is 12.2 Å². The Bertz CT molecular complexity index is 806. The van der Waals surface area contributed by atoms with Gasteiger partial charge >= 0.3 is 5.97 Å². The number of rotatable bonds is 5. The summed E-state index contributed by atoms with van der Waals surface area (Å²) in [6.45, 7) is 11.8. The van der Waals surface area contributed by atoms with E-state index in [9.17, 15) is 4.79 Å². The molecule has 0 aliphatic carbocycles. The zero-order valence-corrected chi connectivity index (χ0v) is 16.5.